The fraction of sp³-hybridized carbons (Fsp3) is 0.200. The minimum atomic E-state index is -3.75. The second-order valence-electron chi connectivity index (χ2n) is 6.65. The number of aromatic nitrogens is 2. The maximum absolute atomic E-state index is 12.9. The van der Waals surface area contributed by atoms with Gasteiger partial charge in [0.15, 0.2) is 0 Å². The van der Waals surface area contributed by atoms with Crippen molar-refractivity contribution in [3.05, 3.63) is 75.2 Å². The zero-order valence-corrected chi connectivity index (χ0v) is 16.4. The van der Waals surface area contributed by atoms with Gasteiger partial charge >= 0.3 is 0 Å². The molecule has 0 aliphatic heterocycles. The van der Waals surface area contributed by atoms with E-state index in [1.165, 1.54) is 6.07 Å². The maximum Gasteiger partial charge on any atom is 0.262 e. The van der Waals surface area contributed by atoms with Gasteiger partial charge in [0.1, 0.15) is 5.82 Å². The molecule has 0 unspecified atom stereocenters. The van der Waals surface area contributed by atoms with Crippen molar-refractivity contribution in [3.63, 3.8) is 0 Å². The molecule has 140 valence electrons. The van der Waals surface area contributed by atoms with Crippen molar-refractivity contribution in [2.75, 3.05) is 4.72 Å². The van der Waals surface area contributed by atoms with Gasteiger partial charge in [-0.25, -0.2) is 13.4 Å². The lowest BCUT2D eigenvalue weighted by atomic mass is 10.1. The summed E-state index contributed by atoms with van der Waals surface area (Å²) < 4.78 is 28.5. The molecule has 0 saturated carbocycles. The lowest BCUT2D eigenvalue weighted by molar-refractivity contribution is 0.600. The van der Waals surface area contributed by atoms with Crippen molar-refractivity contribution in [2.45, 2.75) is 32.6 Å². The van der Waals surface area contributed by atoms with Gasteiger partial charge < -0.3 is 4.98 Å². The van der Waals surface area contributed by atoms with E-state index in [1.807, 2.05) is 19.1 Å². The fourth-order valence-corrected chi connectivity index (χ4v) is 4.75. The third kappa shape index (κ3) is 4.09. The van der Waals surface area contributed by atoms with Gasteiger partial charge in [-0.05, 0) is 51.0 Å². The molecule has 1 heterocycles. The number of hydrogen-bond donors (Lipinski definition) is 2. The molecule has 0 atom stereocenters. The van der Waals surface area contributed by atoms with Gasteiger partial charge in [-0.3, -0.25) is 9.52 Å². The maximum atomic E-state index is 12.9. The van der Waals surface area contributed by atoms with Crippen molar-refractivity contribution in [3.8, 4) is 11.4 Å². The average molecular weight is 383 g/mol. The summed E-state index contributed by atoms with van der Waals surface area (Å²) in [6, 6.07) is 11.9. The van der Waals surface area contributed by atoms with Crippen molar-refractivity contribution in [1.82, 2.24) is 9.97 Å². The van der Waals surface area contributed by atoms with E-state index in [2.05, 4.69) is 14.7 Å². The molecule has 1 aromatic heterocycles. The van der Waals surface area contributed by atoms with Crippen LogP contribution in [0, 0.1) is 27.7 Å². The summed E-state index contributed by atoms with van der Waals surface area (Å²) in [4.78, 5) is 18.9. The molecule has 0 radical (unpaired) electrons. The highest BCUT2D eigenvalue weighted by atomic mass is 32.2. The number of aryl methyl sites for hydroxylation is 4. The number of rotatable bonds is 4. The van der Waals surface area contributed by atoms with E-state index in [-0.39, 0.29) is 10.5 Å². The van der Waals surface area contributed by atoms with E-state index < -0.39 is 10.0 Å². The summed E-state index contributed by atoms with van der Waals surface area (Å²) >= 11 is 0. The predicted molar refractivity (Wildman–Crippen MR) is 106 cm³/mol. The highest BCUT2D eigenvalue weighted by molar-refractivity contribution is 7.92. The van der Waals surface area contributed by atoms with E-state index in [0.29, 0.717) is 33.9 Å². The molecule has 3 aromatic rings. The Morgan fingerprint density at radius 2 is 1.63 bits per heavy atom. The molecule has 3 rings (SSSR count). The number of nitrogens with zero attached hydrogens (tertiary/aromatic N) is 1. The van der Waals surface area contributed by atoms with Crippen LogP contribution in [0.3, 0.4) is 0 Å². The van der Waals surface area contributed by atoms with Gasteiger partial charge in [-0.1, -0.05) is 29.8 Å². The Bertz CT molecular complexity index is 1160. The topological polar surface area (TPSA) is 91.9 Å². The van der Waals surface area contributed by atoms with Crippen molar-refractivity contribution in [1.29, 1.82) is 0 Å². The monoisotopic (exact) mass is 383 g/mol. The van der Waals surface area contributed by atoms with Crippen LogP contribution in [0.5, 0.6) is 0 Å². The number of sulfonamides is 1. The second kappa shape index (κ2) is 7.00. The quantitative estimate of drug-likeness (QED) is 0.721. The zero-order valence-electron chi connectivity index (χ0n) is 15.6. The molecule has 0 aliphatic rings. The van der Waals surface area contributed by atoms with Gasteiger partial charge in [0.25, 0.3) is 15.6 Å². The van der Waals surface area contributed by atoms with Crippen molar-refractivity contribution < 1.29 is 8.42 Å². The summed E-state index contributed by atoms with van der Waals surface area (Å²) in [5.74, 6) is 0.392. The minimum Gasteiger partial charge on any atom is -0.307 e. The molecule has 0 fully saturated rings. The van der Waals surface area contributed by atoms with Crippen molar-refractivity contribution >= 4 is 15.7 Å². The molecule has 7 heteroatoms. The number of nitrogens with one attached hydrogen (secondary N) is 2. The predicted octanol–water partition coefficient (Wildman–Crippen LogP) is 3.47. The van der Waals surface area contributed by atoms with Crippen LogP contribution in [0.25, 0.3) is 11.4 Å². The highest BCUT2D eigenvalue weighted by Gasteiger charge is 2.20. The van der Waals surface area contributed by atoms with Gasteiger partial charge in [-0.15, -0.1) is 0 Å². The number of benzene rings is 2. The van der Waals surface area contributed by atoms with Gasteiger partial charge in [0, 0.05) is 23.0 Å². The summed E-state index contributed by atoms with van der Waals surface area (Å²) in [6.45, 7) is 7.23. The largest absolute Gasteiger partial charge is 0.307 e. The highest BCUT2D eigenvalue weighted by Crippen LogP contribution is 2.26. The molecule has 0 saturated heterocycles. The first-order valence-electron chi connectivity index (χ1n) is 8.45. The first-order chi connectivity index (χ1) is 12.7. The van der Waals surface area contributed by atoms with E-state index in [4.69, 9.17) is 0 Å². The first-order valence-corrected chi connectivity index (χ1v) is 9.93. The molecule has 2 N–H and O–H groups in total. The van der Waals surface area contributed by atoms with E-state index in [1.54, 1.807) is 45.0 Å². The lowest BCUT2D eigenvalue weighted by Gasteiger charge is -2.14. The van der Waals surface area contributed by atoms with Gasteiger partial charge in [0.05, 0.1) is 4.90 Å². The van der Waals surface area contributed by atoms with Crippen LogP contribution in [0.1, 0.15) is 22.4 Å². The van der Waals surface area contributed by atoms with Crippen molar-refractivity contribution in [2.24, 2.45) is 0 Å². The van der Waals surface area contributed by atoms with Gasteiger partial charge in [0.2, 0.25) is 0 Å². The molecular weight excluding hydrogens is 362 g/mol. The number of hydrogen-bond acceptors (Lipinski definition) is 4. The Labute approximate surface area is 158 Å². The molecule has 0 aliphatic carbocycles. The molecule has 27 heavy (non-hydrogen) atoms. The third-order valence-electron chi connectivity index (χ3n) is 4.13. The standard InChI is InChI=1S/C20H21N3O3S/c1-12-8-13(2)19(14(3)9-12)27(25,26)23-17-7-5-6-16(11-17)20-21-15(4)10-18(24)22-20/h5-11,23H,1-4H3,(H,21,22,24). The number of H-pyrrole nitrogens is 1. The summed E-state index contributed by atoms with van der Waals surface area (Å²) in [6.07, 6.45) is 0. The Balaban J connectivity index is 2.00. The fourth-order valence-electron chi connectivity index (χ4n) is 3.24. The minimum absolute atomic E-state index is 0.255. The molecule has 2 aromatic carbocycles. The van der Waals surface area contributed by atoms with Crippen LogP contribution in [0.15, 0.2) is 52.2 Å². The smallest absolute Gasteiger partial charge is 0.262 e. The summed E-state index contributed by atoms with van der Waals surface area (Å²) in [7, 11) is -3.75. The molecule has 0 spiro atoms. The Hall–Kier alpha value is -2.93. The van der Waals surface area contributed by atoms with Crippen LogP contribution >= 0.6 is 0 Å². The number of aromatic amines is 1. The molecule has 6 nitrogen and oxygen atoms in total. The average Bonchev–Trinajstić information content (AvgIpc) is 2.52. The third-order valence-corrected chi connectivity index (χ3v) is 5.82. The molecule has 0 bridgehead atoms. The van der Waals surface area contributed by atoms with Gasteiger partial charge in [-0.2, -0.15) is 0 Å². The van der Waals surface area contributed by atoms with Crippen LogP contribution in [-0.2, 0) is 10.0 Å². The SMILES string of the molecule is Cc1cc(C)c(S(=O)(=O)Nc2cccc(-c3nc(C)cc(=O)[nH]3)c2)c(C)c1. The van der Waals surface area contributed by atoms with Crippen LogP contribution in [-0.4, -0.2) is 18.4 Å². The van der Waals surface area contributed by atoms with E-state index >= 15 is 0 Å². The second-order valence-corrected chi connectivity index (χ2v) is 8.27. The Morgan fingerprint density at radius 3 is 2.26 bits per heavy atom. The van der Waals surface area contributed by atoms with E-state index in [0.717, 1.165) is 5.56 Å². The normalized spacial score (nSPS) is 11.4. The van der Waals surface area contributed by atoms with Crippen LogP contribution in [0.2, 0.25) is 0 Å². The summed E-state index contributed by atoms with van der Waals surface area (Å²) in [5.41, 5.74) is 3.76. The van der Waals surface area contributed by atoms with Crippen LogP contribution in [0.4, 0.5) is 5.69 Å². The lowest BCUT2D eigenvalue weighted by Crippen LogP contribution is -2.16. The molecule has 0 amide bonds. The first kappa shape index (κ1) is 18.8. The van der Waals surface area contributed by atoms with Crippen LogP contribution < -0.4 is 10.3 Å². The Morgan fingerprint density at radius 1 is 0.963 bits per heavy atom. The Kier molecular flexibility index (Phi) is 4.89. The van der Waals surface area contributed by atoms with E-state index in [9.17, 15) is 13.2 Å². The zero-order chi connectivity index (χ0) is 19.8. The molecular formula is C20H21N3O3S. The number of anilines is 1. The summed E-state index contributed by atoms with van der Waals surface area (Å²) in [5, 5.41) is 0.